The van der Waals surface area contributed by atoms with Crippen LogP contribution >= 0.6 is 27.3 Å². The Bertz CT molecular complexity index is 571. The maximum atomic E-state index is 11.7. The highest BCUT2D eigenvalue weighted by Crippen LogP contribution is 2.37. The van der Waals surface area contributed by atoms with Gasteiger partial charge < -0.3 is 0 Å². The molecule has 16 heavy (non-hydrogen) atoms. The molecule has 0 saturated heterocycles. The van der Waals surface area contributed by atoms with E-state index >= 15 is 0 Å². The zero-order chi connectivity index (χ0) is 11.1. The molecule has 0 spiro atoms. The third-order valence-electron chi connectivity index (χ3n) is 2.98. The summed E-state index contributed by atoms with van der Waals surface area (Å²) >= 11 is 5.23. The summed E-state index contributed by atoms with van der Waals surface area (Å²) in [6.45, 7) is 0. The molecule has 1 aromatic carbocycles. The van der Waals surface area contributed by atoms with Gasteiger partial charge in [0.15, 0.2) is 5.78 Å². The average molecular weight is 293 g/mol. The van der Waals surface area contributed by atoms with Crippen molar-refractivity contribution in [1.82, 2.24) is 0 Å². The van der Waals surface area contributed by atoms with E-state index in [2.05, 4.69) is 32.8 Å². The van der Waals surface area contributed by atoms with Crippen LogP contribution in [-0.2, 0) is 6.42 Å². The average Bonchev–Trinajstić information content (AvgIpc) is 2.86. The van der Waals surface area contributed by atoms with Crippen LogP contribution in [0.3, 0.4) is 0 Å². The van der Waals surface area contributed by atoms with Crippen LogP contribution in [-0.4, -0.2) is 5.78 Å². The SMILES string of the molecule is O=C1CCc2c1cccc2-c1cscc1Br. The monoisotopic (exact) mass is 292 g/mol. The number of carbonyl (C=O) groups is 1. The quantitative estimate of drug-likeness (QED) is 0.766. The molecule has 0 bridgehead atoms. The largest absolute Gasteiger partial charge is 0.294 e. The molecule has 0 N–H and O–H groups in total. The Balaban J connectivity index is 2.24. The summed E-state index contributed by atoms with van der Waals surface area (Å²) in [6, 6.07) is 6.01. The van der Waals surface area contributed by atoms with E-state index in [9.17, 15) is 4.79 Å². The molecule has 0 aliphatic heterocycles. The van der Waals surface area contributed by atoms with Crippen molar-refractivity contribution in [2.45, 2.75) is 12.8 Å². The molecule has 0 radical (unpaired) electrons. The van der Waals surface area contributed by atoms with Crippen LogP contribution in [0.25, 0.3) is 11.1 Å². The second kappa shape index (κ2) is 3.82. The van der Waals surface area contributed by atoms with Gasteiger partial charge in [-0.25, -0.2) is 0 Å². The molecule has 0 unspecified atom stereocenters. The van der Waals surface area contributed by atoms with Gasteiger partial charge in [-0.15, -0.1) is 0 Å². The third kappa shape index (κ3) is 1.46. The lowest BCUT2D eigenvalue weighted by atomic mass is 9.99. The first-order valence-electron chi connectivity index (χ1n) is 5.14. The highest BCUT2D eigenvalue weighted by molar-refractivity contribution is 9.10. The van der Waals surface area contributed by atoms with E-state index in [1.807, 2.05) is 12.1 Å². The minimum atomic E-state index is 0.281. The maximum absolute atomic E-state index is 11.7. The molecule has 1 aliphatic rings. The summed E-state index contributed by atoms with van der Waals surface area (Å²) in [7, 11) is 0. The second-order valence-electron chi connectivity index (χ2n) is 3.89. The molecular weight excluding hydrogens is 284 g/mol. The van der Waals surface area contributed by atoms with Gasteiger partial charge in [0.25, 0.3) is 0 Å². The number of hydrogen-bond donors (Lipinski definition) is 0. The topological polar surface area (TPSA) is 17.1 Å². The number of ketones is 1. The summed E-state index contributed by atoms with van der Waals surface area (Å²) in [5, 5.41) is 4.20. The highest BCUT2D eigenvalue weighted by atomic mass is 79.9. The van der Waals surface area contributed by atoms with Gasteiger partial charge in [0.05, 0.1) is 0 Å². The number of benzene rings is 1. The van der Waals surface area contributed by atoms with Crippen LogP contribution in [0, 0.1) is 0 Å². The summed E-state index contributed by atoms with van der Waals surface area (Å²) in [5.74, 6) is 0.281. The Labute approximate surface area is 106 Å². The zero-order valence-electron chi connectivity index (χ0n) is 8.50. The number of thiophene rings is 1. The van der Waals surface area contributed by atoms with Gasteiger partial charge in [0, 0.05) is 27.4 Å². The molecule has 80 valence electrons. The highest BCUT2D eigenvalue weighted by Gasteiger charge is 2.22. The van der Waals surface area contributed by atoms with Gasteiger partial charge in [-0.3, -0.25) is 4.79 Å². The molecular formula is C13H9BrOS. The standard InChI is InChI=1S/C13H9BrOS/c14-12-7-16-6-11(12)8-2-1-3-10-9(8)4-5-13(10)15/h1-3,6-7H,4-5H2. The lowest BCUT2D eigenvalue weighted by Gasteiger charge is -2.06. The lowest BCUT2D eigenvalue weighted by Crippen LogP contribution is -1.91. The summed E-state index contributed by atoms with van der Waals surface area (Å²) in [5.41, 5.74) is 4.54. The normalized spacial score (nSPS) is 14.2. The molecule has 0 fully saturated rings. The molecule has 0 saturated carbocycles. The van der Waals surface area contributed by atoms with E-state index in [4.69, 9.17) is 0 Å². The summed E-state index contributed by atoms with van der Waals surface area (Å²) < 4.78 is 1.12. The molecule has 0 atom stereocenters. The van der Waals surface area contributed by atoms with E-state index in [0.29, 0.717) is 6.42 Å². The first-order valence-corrected chi connectivity index (χ1v) is 6.88. The first-order chi connectivity index (χ1) is 7.77. The molecule has 3 rings (SSSR count). The van der Waals surface area contributed by atoms with Crippen molar-refractivity contribution in [2.24, 2.45) is 0 Å². The van der Waals surface area contributed by atoms with Gasteiger partial charge in [-0.2, -0.15) is 11.3 Å². The fraction of sp³-hybridized carbons (Fsp3) is 0.154. The predicted octanol–water partition coefficient (Wildman–Crippen LogP) is 4.31. The van der Waals surface area contributed by atoms with Crippen molar-refractivity contribution in [3.05, 3.63) is 44.6 Å². The van der Waals surface area contributed by atoms with Gasteiger partial charge >= 0.3 is 0 Å². The fourth-order valence-electron chi connectivity index (χ4n) is 2.22. The second-order valence-corrected chi connectivity index (χ2v) is 5.49. The van der Waals surface area contributed by atoms with E-state index < -0.39 is 0 Å². The summed E-state index contributed by atoms with van der Waals surface area (Å²) in [4.78, 5) is 11.7. The maximum Gasteiger partial charge on any atom is 0.163 e. The van der Waals surface area contributed by atoms with Gasteiger partial charge in [-0.1, -0.05) is 18.2 Å². The van der Waals surface area contributed by atoms with Crippen molar-refractivity contribution in [3.63, 3.8) is 0 Å². The fourth-order valence-corrected chi connectivity index (χ4v) is 3.72. The molecule has 1 aliphatic carbocycles. The van der Waals surface area contributed by atoms with Crippen LogP contribution in [0.15, 0.2) is 33.4 Å². The number of halogens is 1. The van der Waals surface area contributed by atoms with E-state index in [-0.39, 0.29) is 5.78 Å². The number of hydrogen-bond acceptors (Lipinski definition) is 2. The Morgan fingerprint density at radius 1 is 1.06 bits per heavy atom. The number of carbonyl (C=O) groups excluding carboxylic acids is 1. The Morgan fingerprint density at radius 3 is 2.62 bits per heavy atom. The molecule has 3 heteroatoms. The van der Waals surface area contributed by atoms with Gasteiger partial charge in [0.2, 0.25) is 0 Å². The van der Waals surface area contributed by atoms with Crippen LogP contribution in [0.2, 0.25) is 0 Å². The number of Topliss-reactive ketones (excluding diaryl/α,β-unsaturated/α-hetero) is 1. The Morgan fingerprint density at radius 2 is 1.88 bits per heavy atom. The van der Waals surface area contributed by atoms with E-state index in [1.54, 1.807) is 11.3 Å². The minimum absolute atomic E-state index is 0.281. The van der Waals surface area contributed by atoms with Crippen LogP contribution in [0.4, 0.5) is 0 Å². The smallest absolute Gasteiger partial charge is 0.163 e. The van der Waals surface area contributed by atoms with Crippen LogP contribution < -0.4 is 0 Å². The number of fused-ring (bicyclic) bond motifs is 1. The molecule has 1 aromatic heterocycles. The Kier molecular flexibility index (Phi) is 2.45. The Hall–Kier alpha value is -0.930. The van der Waals surface area contributed by atoms with Crippen molar-refractivity contribution in [2.75, 3.05) is 0 Å². The van der Waals surface area contributed by atoms with Gasteiger partial charge in [-0.05, 0) is 38.9 Å². The molecule has 1 nitrogen and oxygen atoms in total. The lowest BCUT2D eigenvalue weighted by molar-refractivity contribution is 0.0994. The summed E-state index contributed by atoms with van der Waals surface area (Å²) in [6.07, 6.45) is 1.54. The first kappa shape index (κ1) is 10.2. The zero-order valence-corrected chi connectivity index (χ0v) is 10.9. The van der Waals surface area contributed by atoms with Crippen molar-refractivity contribution in [1.29, 1.82) is 0 Å². The van der Waals surface area contributed by atoms with E-state index in [0.717, 1.165) is 16.5 Å². The van der Waals surface area contributed by atoms with Crippen molar-refractivity contribution >= 4 is 33.0 Å². The van der Waals surface area contributed by atoms with Crippen LogP contribution in [0.1, 0.15) is 22.3 Å². The minimum Gasteiger partial charge on any atom is -0.294 e. The molecule has 1 heterocycles. The van der Waals surface area contributed by atoms with E-state index in [1.165, 1.54) is 16.7 Å². The van der Waals surface area contributed by atoms with Crippen molar-refractivity contribution in [3.8, 4) is 11.1 Å². The van der Waals surface area contributed by atoms with Gasteiger partial charge in [0.1, 0.15) is 0 Å². The van der Waals surface area contributed by atoms with Crippen molar-refractivity contribution < 1.29 is 4.79 Å². The third-order valence-corrected chi connectivity index (χ3v) is 4.69. The number of rotatable bonds is 1. The predicted molar refractivity (Wildman–Crippen MR) is 70.1 cm³/mol. The molecule has 0 amide bonds. The molecule has 2 aromatic rings. The van der Waals surface area contributed by atoms with Crippen LogP contribution in [0.5, 0.6) is 0 Å².